The molecule has 0 atom stereocenters. The fraction of sp³-hybridized carbons (Fsp3) is 0.361. The highest BCUT2D eigenvalue weighted by Crippen LogP contribution is 2.39. The van der Waals surface area contributed by atoms with Crippen LogP contribution in [0.5, 0.6) is 0 Å². The molecule has 5 rings (SSSR count). The van der Waals surface area contributed by atoms with E-state index in [0.717, 1.165) is 27.9 Å². The summed E-state index contributed by atoms with van der Waals surface area (Å²) >= 11 is 13.1. The Balaban J connectivity index is 1.42. The molecule has 2 amide bonds. The van der Waals surface area contributed by atoms with E-state index in [1.165, 1.54) is 0 Å². The van der Waals surface area contributed by atoms with Crippen LogP contribution in [0.3, 0.4) is 0 Å². The SMILES string of the molecule is CN(Cc1cn(Cc2ccccc2Cl)nc1-c1ccccc1)C(=O)C1(Cc2ccccc2Cl)CCN(C(=O)OC(C)(C)C)CC1. The molecule has 2 heterocycles. The van der Waals surface area contributed by atoms with Gasteiger partial charge < -0.3 is 14.5 Å². The number of aromatic nitrogens is 2. The average molecular weight is 648 g/mol. The Labute approximate surface area is 275 Å². The standard InChI is InChI=1S/C36H40Cl2N4O3/c1-35(2,3)45-34(44)41-20-18-36(19-21-41,22-27-14-8-10-16-30(27)37)33(43)40(4)23-29-25-42(24-28-15-9-11-17-31(28)38)39-32(29)26-12-6-5-7-13-26/h5-17,25H,18-24H2,1-4H3. The van der Waals surface area contributed by atoms with Gasteiger partial charge in [-0.15, -0.1) is 0 Å². The lowest BCUT2D eigenvalue weighted by atomic mass is 9.72. The molecule has 1 aromatic heterocycles. The van der Waals surface area contributed by atoms with Crippen LogP contribution < -0.4 is 0 Å². The Morgan fingerprint density at radius 2 is 1.44 bits per heavy atom. The first-order valence-corrected chi connectivity index (χ1v) is 16.0. The van der Waals surface area contributed by atoms with Gasteiger partial charge in [0.25, 0.3) is 0 Å². The number of benzene rings is 3. The van der Waals surface area contributed by atoms with E-state index in [1.54, 1.807) is 9.80 Å². The predicted octanol–water partition coefficient (Wildman–Crippen LogP) is 8.12. The molecule has 4 aromatic rings. The van der Waals surface area contributed by atoms with Crippen LogP contribution in [0.2, 0.25) is 10.0 Å². The van der Waals surface area contributed by atoms with Gasteiger partial charge in [0.2, 0.25) is 5.91 Å². The van der Waals surface area contributed by atoms with Crippen LogP contribution in [0, 0.1) is 5.41 Å². The number of nitrogens with zero attached hydrogens (tertiary/aromatic N) is 4. The van der Waals surface area contributed by atoms with Gasteiger partial charge in [0.15, 0.2) is 0 Å². The van der Waals surface area contributed by atoms with Crippen molar-refractivity contribution in [3.05, 3.63) is 112 Å². The first-order valence-electron chi connectivity index (χ1n) is 15.3. The fourth-order valence-corrected chi connectivity index (χ4v) is 6.35. The Morgan fingerprint density at radius 1 is 0.867 bits per heavy atom. The zero-order valence-corrected chi connectivity index (χ0v) is 27.8. The highest BCUT2D eigenvalue weighted by molar-refractivity contribution is 6.31. The van der Waals surface area contributed by atoms with Gasteiger partial charge in [-0.3, -0.25) is 9.48 Å². The summed E-state index contributed by atoms with van der Waals surface area (Å²) < 4.78 is 7.52. The summed E-state index contributed by atoms with van der Waals surface area (Å²) in [6.07, 6.45) is 3.13. The first kappa shape index (κ1) is 32.6. The fourth-order valence-electron chi connectivity index (χ4n) is 5.95. The van der Waals surface area contributed by atoms with Crippen LogP contribution in [0.1, 0.15) is 50.3 Å². The smallest absolute Gasteiger partial charge is 0.410 e. The normalized spacial score (nSPS) is 14.7. The zero-order valence-electron chi connectivity index (χ0n) is 26.3. The lowest BCUT2D eigenvalue weighted by Crippen LogP contribution is -2.52. The van der Waals surface area contributed by atoms with E-state index < -0.39 is 11.0 Å². The highest BCUT2D eigenvalue weighted by Gasteiger charge is 2.45. The summed E-state index contributed by atoms with van der Waals surface area (Å²) in [4.78, 5) is 30.9. The van der Waals surface area contributed by atoms with Gasteiger partial charge in [0.1, 0.15) is 5.60 Å². The molecule has 45 heavy (non-hydrogen) atoms. The van der Waals surface area contributed by atoms with Crippen molar-refractivity contribution in [2.45, 2.75) is 58.7 Å². The largest absolute Gasteiger partial charge is 0.444 e. The molecule has 0 bridgehead atoms. The third kappa shape index (κ3) is 7.89. The topological polar surface area (TPSA) is 67.7 Å². The number of amides is 2. The molecule has 9 heteroatoms. The van der Waals surface area contributed by atoms with Crippen molar-refractivity contribution in [1.82, 2.24) is 19.6 Å². The molecule has 0 unspecified atom stereocenters. The minimum absolute atomic E-state index is 0.0177. The maximum Gasteiger partial charge on any atom is 0.410 e. The number of carbonyl (C=O) groups is 2. The van der Waals surface area contributed by atoms with Crippen molar-refractivity contribution in [3.8, 4) is 11.3 Å². The summed E-state index contributed by atoms with van der Waals surface area (Å²) in [5.74, 6) is 0.0177. The molecule has 1 fully saturated rings. The number of piperidine rings is 1. The highest BCUT2D eigenvalue weighted by atomic mass is 35.5. The molecule has 1 aliphatic heterocycles. The number of carbonyl (C=O) groups excluding carboxylic acids is 2. The quantitative estimate of drug-likeness (QED) is 0.194. The number of halogens is 2. The van der Waals surface area contributed by atoms with Crippen LogP contribution in [0.25, 0.3) is 11.3 Å². The van der Waals surface area contributed by atoms with Crippen LogP contribution in [-0.2, 0) is 29.0 Å². The Kier molecular flexibility index (Phi) is 9.90. The van der Waals surface area contributed by atoms with Gasteiger partial charge in [-0.1, -0.05) is 89.9 Å². The summed E-state index contributed by atoms with van der Waals surface area (Å²) in [6, 6.07) is 25.4. The maximum absolute atomic E-state index is 14.5. The number of likely N-dealkylation sites (tertiary alicyclic amines) is 1. The van der Waals surface area contributed by atoms with Crippen molar-refractivity contribution in [1.29, 1.82) is 0 Å². The van der Waals surface area contributed by atoms with E-state index in [-0.39, 0.29) is 12.0 Å². The molecular formula is C36H40Cl2N4O3. The van der Waals surface area contributed by atoms with Gasteiger partial charge in [-0.05, 0) is 63.3 Å². The zero-order chi connectivity index (χ0) is 32.2. The Morgan fingerprint density at radius 3 is 2.04 bits per heavy atom. The number of hydrogen-bond donors (Lipinski definition) is 0. The van der Waals surface area contributed by atoms with Gasteiger partial charge in [-0.2, -0.15) is 5.10 Å². The molecule has 7 nitrogen and oxygen atoms in total. The number of rotatable bonds is 8. The molecule has 0 spiro atoms. The molecule has 0 aliphatic carbocycles. The van der Waals surface area contributed by atoms with Crippen molar-refractivity contribution >= 4 is 35.2 Å². The van der Waals surface area contributed by atoms with E-state index in [4.69, 9.17) is 33.0 Å². The van der Waals surface area contributed by atoms with Gasteiger partial charge in [-0.25, -0.2) is 4.79 Å². The molecule has 0 N–H and O–H groups in total. The molecule has 1 saturated heterocycles. The Hall–Kier alpha value is -3.81. The van der Waals surface area contributed by atoms with Crippen molar-refractivity contribution in [3.63, 3.8) is 0 Å². The van der Waals surface area contributed by atoms with Crippen LogP contribution in [-0.4, -0.2) is 57.3 Å². The van der Waals surface area contributed by atoms with E-state index >= 15 is 0 Å². The van der Waals surface area contributed by atoms with E-state index in [9.17, 15) is 9.59 Å². The summed E-state index contributed by atoms with van der Waals surface area (Å²) in [5.41, 5.74) is 3.29. The minimum Gasteiger partial charge on any atom is -0.444 e. The summed E-state index contributed by atoms with van der Waals surface area (Å²) in [6.45, 7) is 7.29. The molecule has 1 aliphatic rings. The number of ether oxygens (including phenoxy) is 1. The molecule has 0 saturated carbocycles. The molecular weight excluding hydrogens is 607 g/mol. The van der Waals surface area contributed by atoms with Crippen LogP contribution in [0.4, 0.5) is 4.79 Å². The second-order valence-corrected chi connectivity index (χ2v) is 13.6. The predicted molar refractivity (Wildman–Crippen MR) is 179 cm³/mol. The lowest BCUT2D eigenvalue weighted by molar-refractivity contribution is -0.144. The second-order valence-electron chi connectivity index (χ2n) is 12.8. The van der Waals surface area contributed by atoms with Crippen molar-refractivity contribution in [2.75, 3.05) is 20.1 Å². The number of hydrogen-bond acceptors (Lipinski definition) is 4. The van der Waals surface area contributed by atoms with Crippen molar-refractivity contribution in [2.24, 2.45) is 5.41 Å². The minimum atomic E-state index is -0.737. The lowest BCUT2D eigenvalue weighted by Gasteiger charge is -2.43. The maximum atomic E-state index is 14.5. The monoisotopic (exact) mass is 646 g/mol. The molecule has 3 aromatic carbocycles. The van der Waals surface area contributed by atoms with Gasteiger partial charge in [0, 0.05) is 54.1 Å². The Bertz CT molecular complexity index is 1640. The van der Waals surface area contributed by atoms with Crippen molar-refractivity contribution < 1.29 is 14.3 Å². The van der Waals surface area contributed by atoms with Crippen LogP contribution >= 0.6 is 23.2 Å². The third-order valence-electron chi connectivity index (χ3n) is 8.24. The van der Waals surface area contributed by atoms with E-state index in [0.29, 0.717) is 55.5 Å². The molecule has 236 valence electrons. The van der Waals surface area contributed by atoms with Gasteiger partial charge in [0.05, 0.1) is 17.7 Å². The van der Waals surface area contributed by atoms with E-state index in [2.05, 4.69) is 0 Å². The summed E-state index contributed by atoms with van der Waals surface area (Å²) in [5, 5.41) is 6.26. The van der Waals surface area contributed by atoms with Gasteiger partial charge >= 0.3 is 6.09 Å². The molecule has 0 radical (unpaired) electrons. The van der Waals surface area contributed by atoms with Crippen LogP contribution in [0.15, 0.2) is 85.1 Å². The first-order chi connectivity index (χ1) is 21.4. The average Bonchev–Trinajstić information content (AvgIpc) is 3.40. The summed E-state index contributed by atoms with van der Waals surface area (Å²) in [7, 11) is 1.84. The second kappa shape index (κ2) is 13.7. The third-order valence-corrected chi connectivity index (χ3v) is 8.98. The van der Waals surface area contributed by atoms with E-state index in [1.807, 2.05) is 118 Å².